The molecule has 0 bridgehead atoms. The van der Waals surface area contributed by atoms with Gasteiger partial charge in [0.05, 0.1) is 33.8 Å². The number of quaternary nitrogens is 1. The molecule has 3 unspecified atom stereocenters. The predicted octanol–water partition coefficient (Wildman–Crippen LogP) is 16.9. The minimum absolute atomic E-state index is 0.0365. The maximum Gasteiger partial charge on any atom is 0.472 e. The van der Waals surface area contributed by atoms with Gasteiger partial charge < -0.3 is 19.4 Å². The molecule has 9 nitrogen and oxygen atoms in total. The molecule has 398 valence electrons. The molecule has 1 amide bonds. The standard InChI is InChI=1S/C58H109N2O7P/c1-7-10-13-16-19-22-25-27-29-31-32-35-38-41-44-47-50-57(61)59-55(54-66-68(63,64)65-53-52-60(4,5)6)56(49-46-43-40-37-34-24-21-18-15-12-9-3)67-58(62)51-48-45-42-39-36-33-30-28-26-23-20-17-14-11-8-2/h20,23,26,28-29,31,46,49,55-56H,7-19,21-22,24-25,27,30,32-45,47-48,50-54H2,1-6H3,(H-,59,61,63,64)/p+1/b23-20+,28-26+,31-29+,49-46+. The van der Waals surface area contributed by atoms with Crippen molar-refractivity contribution < 1.29 is 37.3 Å². The first-order valence-corrected chi connectivity index (χ1v) is 30.0. The summed E-state index contributed by atoms with van der Waals surface area (Å²) >= 11 is 0. The Labute approximate surface area is 420 Å². The van der Waals surface area contributed by atoms with Gasteiger partial charge in [0.1, 0.15) is 19.3 Å². The molecule has 0 aliphatic heterocycles. The number of carbonyl (C=O) groups excluding carboxylic acids is 2. The topological polar surface area (TPSA) is 111 Å². The first-order valence-electron chi connectivity index (χ1n) is 28.5. The average Bonchev–Trinajstić information content (AvgIpc) is 3.29. The van der Waals surface area contributed by atoms with Crippen molar-refractivity contribution in [3.05, 3.63) is 48.6 Å². The maximum absolute atomic E-state index is 13.5. The number of rotatable bonds is 51. The quantitative estimate of drug-likeness (QED) is 0.0156. The van der Waals surface area contributed by atoms with Crippen molar-refractivity contribution in [1.29, 1.82) is 0 Å². The van der Waals surface area contributed by atoms with Gasteiger partial charge in [-0.05, 0) is 83.1 Å². The van der Waals surface area contributed by atoms with Gasteiger partial charge in [-0.3, -0.25) is 18.6 Å². The van der Waals surface area contributed by atoms with Crippen LogP contribution in [0, 0.1) is 0 Å². The van der Waals surface area contributed by atoms with Crippen LogP contribution in [0.4, 0.5) is 0 Å². The van der Waals surface area contributed by atoms with Crippen molar-refractivity contribution in [2.75, 3.05) is 40.9 Å². The van der Waals surface area contributed by atoms with Crippen LogP contribution in [-0.4, -0.2) is 74.3 Å². The van der Waals surface area contributed by atoms with Crippen LogP contribution in [0.25, 0.3) is 0 Å². The number of amides is 1. The summed E-state index contributed by atoms with van der Waals surface area (Å²) in [6.07, 6.45) is 58.1. The SMILES string of the molecule is CCCCC/C=C/C=C/CCCCCCCCC(=O)OC(/C=C/CCCCCCCCCCC)C(COP(=O)(O)OCC[N+](C)(C)C)NC(=O)CCCCCCC/C=C/CCCCCCCCC. The molecule has 0 saturated carbocycles. The Bertz CT molecular complexity index is 1310. The minimum Gasteiger partial charge on any atom is -0.456 e. The van der Waals surface area contributed by atoms with Crippen molar-refractivity contribution in [1.82, 2.24) is 5.32 Å². The number of nitrogens with one attached hydrogen (secondary N) is 1. The smallest absolute Gasteiger partial charge is 0.456 e. The maximum atomic E-state index is 13.5. The second-order valence-electron chi connectivity index (χ2n) is 20.5. The van der Waals surface area contributed by atoms with Crippen molar-refractivity contribution in [3.8, 4) is 0 Å². The molecule has 68 heavy (non-hydrogen) atoms. The van der Waals surface area contributed by atoms with E-state index in [-0.39, 0.29) is 31.5 Å². The lowest BCUT2D eigenvalue weighted by atomic mass is 10.1. The highest BCUT2D eigenvalue weighted by molar-refractivity contribution is 7.47. The molecule has 0 radical (unpaired) electrons. The van der Waals surface area contributed by atoms with Crippen molar-refractivity contribution in [2.24, 2.45) is 0 Å². The van der Waals surface area contributed by atoms with Crippen molar-refractivity contribution in [2.45, 2.75) is 270 Å². The zero-order valence-electron chi connectivity index (χ0n) is 45.3. The van der Waals surface area contributed by atoms with E-state index in [0.717, 1.165) is 96.3 Å². The van der Waals surface area contributed by atoms with Gasteiger partial charge in [-0.2, -0.15) is 0 Å². The number of hydrogen-bond donors (Lipinski definition) is 2. The Morgan fingerprint density at radius 2 is 0.897 bits per heavy atom. The average molecular weight is 978 g/mol. The van der Waals surface area contributed by atoms with Gasteiger partial charge in [-0.25, -0.2) is 4.57 Å². The molecular weight excluding hydrogens is 868 g/mol. The van der Waals surface area contributed by atoms with E-state index >= 15 is 0 Å². The van der Waals surface area contributed by atoms with Crippen LogP contribution in [0.3, 0.4) is 0 Å². The number of nitrogens with zero attached hydrogens (tertiary/aromatic N) is 1. The molecule has 0 aliphatic rings. The normalized spacial score (nSPS) is 14.2. The van der Waals surface area contributed by atoms with Crippen LogP contribution < -0.4 is 5.32 Å². The first-order chi connectivity index (χ1) is 32.9. The molecule has 0 rings (SSSR count). The van der Waals surface area contributed by atoms with E-state index in [1.807, 2.05) is 33.3 Å². The number of hydrogen-bond acceptors (Lipinski definition) is 6. The van der Waals surface area contributed by atoms with E-state index in [1.54, 1.807) is 0 Å². The molecule has 0 saturated heterocycles. The molecule has 0 fully saturated rings. The molecule has 3 atom stereocenters. The van der Waals surface area contributed by atoms with Gasteiger partial charge in [0.25, 0.3) is 0 Å². The lowest BCUT2D eigenvalue weighted by Gasteiger charge is -2.27. The van der Waals surface area contributed by atoms with Crippen molar-refractivity contribution >= 4 is 19.7 Å². The highest BCUT2D eigenvalue weighted by atomic mass is 31.2. The molecule has 0 aromatic carbocycles. The van der Waals surface area contributed by atoms with Gasteiger partial charge in [-0.1, -0.05) is 211 Å². The Kier molecular flexibility index (Phi) is 47.1. The minimum atomic E-state index is -4.44. The molecule has 0 aliphatic carbocycles. The van der Waals surface area contributed by atoms with E-state index in [4.69, 9.17) is 13.8 Å². The number of unbranched alkanes of at least 4 members (excludes halogenated alkanes) is 30. The Morgan fingerprint density at radius 1 is 0.515 bits per heavy atom. The molecule has 2 N–H and O–H groups in total. The van der Waals surface area contributed by atoms with E-state index in [0.29, 0.717) is 17.4 Å². The Hall–Kier alpha value is -2.03. The van der Waals surface area contributed by atoms with Crippen LogP contribution in [0.5, 0.6) is 0 Å². The third-order valence-corrected chi connectivity index (χ3v) is 13.5. The van der Waals surface area contributed by atoms with E-state index in [9.17, 15) is 19.0 Å². The van der Waals surface area contributed by atoms with Gasteiger partial charge >= 0.3 is 13.8 Å². The summed E-state index contributed by atoms with van der Waals surface area (Å²) in [6.45, 7) is 6.96. The zero-order chi connectivity index (χ0) is 50.1. The lowest BCUT2D eigenvalue weighted by molar-refractivity contribution is -0.870. The summed E-state index contributed by atoms with van der Waals surface area (Å²) in [5.74, 6) is -0.526. The third-order valence-electron chi connectivity index (χ3n) is 12.5. The van der Waals surface area contributed by atoms with E-state index in [1.165, 1.54) is 128 Å². The fourth-order valence-electron chi connectivity index (χ4n) is 8.04. The third kappa shape index (κ3) is 49.0. The highest BCUT2D eigenvalue weighted by Gasteiger charge is 2.30. The van der Waals surface area contributed by atoms with Crippen LogP contribution in [-0.2, 0) is 27.9 Å². The van der Waals surface area contributed by atoms with Gasteiger partial charge in [0, 0.05) is 12.8 Å². The molecule has 0 spiro atoms. The number of phosphoric ester groups is 1. The fourth-order valence-corrected chi connectivity index (χ4v) is 8.78. The number of phosphoric acid groups is 1. The second-order valence-corrected chi connectivity index (χ2v) is 21.9. The molecule has 0 heterocycles. The van der Waals surface area contributed by atoms with E-state index < -0.39 is 20.0 Å². The van der Waals surface area contributed by atoms with Crippen LogP contribution in [0.1, 0.15) is 258 Å². The summed E-state index contributed by atoms with van der Waals surface area (Å²) in [4.78, 5) is 37.5. The van der Waals surface area contributed by atoms with E-state index in [2.05, 4.69) is 62.5 Å². The Morgan fingerprint density at radius 3 is 1.37 bits per heavy atom. The second kappa shape index (κ2) is 48.6. The number of allylic oxidation sites excluding steroid dienone is 7. The van der Waals surface area contributed by atoms with Gasteiger partial charge in [-0.15, -0.1) is 0 Å². The van der Waals surface area contributed by atoms with Gasteiger partial charge in [0.15, 0.2) is 0 Å². The first kappa shape index (κ1) is 66.0. The monoisotopic (exact) mass is 978 g/mol. The molecular formula is C58H110N2O7P+. The van der Waals surface area contributed by atoms with Crippen LogP contribution >= 0.6 is 7.82 Å². The zero-order valence-corrected chi connectivity index (χ0v) is 46.2. The van der Waals surface area contributed by atoms with Gasteiger partial charge in [0.2, 0.25) is 5.91 Å². The molecule has 0 aromatic heterocycles. The summed E-state index contributed by atoms with van der Waals surface area (Å²) in [5.41, 5.74) is 0. The highest BCUT2D eigenvalue weighted by Crippen LogP contribution is 2.43. The predicted molar refractivity (Wildman–Crippen MR) is 291 cm³/mol. The number of carbonyl (C=O) groups is 2. The molecule has 0 aromatic rings. The number of likely N-dealkylation sites (N-methyl/N-ethyl adjacent to an activating group) is 1. The summed E-state index contributed by atoms with van der Waals surface area (Å²) in [6, 6.07) is -0.855. The summed E-state index contributed by atoms with van der Waals surface area (Å²) < 4.78 is 30.6. The fraction of sp³-hybridized carbons (Fsp3) is 0.828. The summed E-state index contributed by atoms with van der Waals surface area (Å²) in [5, 5.41) is 3.04. The number of ether oxygens (including phenoxy) is 1. The van der Waals surface area contributed by atoms with Crippen LogP contribution in [0.2, 0.25) is 0 Å². The lowest BCUT2D eigenvalue weighted by Crippen LogP contribution is -2.47. The summed E-state index contributed by atoms with van der Waals surface area (Å²) in [7, 11) is 1.48. The number of esters is 1. The van der Waals surface area contributed by atoms with Crippen LogP contribution in [0.15, 0.2) is 48.6 Å². The Balaban J connectivity index is 5.36. The van der Waals surface area contributed by atoms with Crippen molar-refractivity contribution in [3.63, 3.8) is 0 Å². The molecule has 10 heteroatoms. The largest absolute Gasteiger partial charge is 0.472 e.